The van der Waals surface area contributed by atoms with Gasteiger partial charge in [0.2, 0.25) is 0 Å². The van der Waals surface area contributed by atoms with E-state index in [1.54, 1.807) is 6.20 Å². The van der Waals surface area contributed by atoms with Crippen molar-refractivity contribution in [2.24, 2.45) is 7.05 Å². The summed E-state index contributed by atoms with van der Waals surface area (Å²) < 4.78 is 1.86. The van der Waals surface area contributed by atoms with Crippen LogP contribution in [0.15, 0.2) is 24.8 Å². The smallest absolute Gasteiger partial charge is 0.356 e. The summed E-state index contributed by atoms with van der Waals surface area (Å²) in [5.74, 6) is 0.138. The van der Waals surface area contributed by atoms with Crippen LogP contribution in [0.2, 0.25) is 0 Å². The van der Waals surface area contributed by atoms with Crippen molar-refractivity contribution in [1.82, 2.24) is 19.5 Å². The number of imidazole rings is 1. The monoisotopic (exact) mass is 233 g/mol. The standard InChI is InChI=1S/C10H11N5O2/c1-15-3-2-12-9(15)6-13-8-5-11-4-7(14-8)10(16)17/h2-5H,6H2,1H3,(H,13,14)(H,16,17). The van der Waals surface area contributed by atoms with E-state index in [-0.39, 0.29) is 5.69 Å². The maximum Gasteiger partial charge on any atom is 0.356 e. The summed E-state index contributed by atoms with van der Waals surface area (Å²) in [7, 11) is 1.88. The van der Waals surface area contributed by atoms with Gasteiger partial charge in [0.1, 0.15) is 11.6 Å². The summed E-state index contributed by atoms with van der Waals surface area (Å²) in [4.78, 5) is 22.5. The fraction of sp³-hybridized carbons (Fsp3) is 0.200. The molecule has 88 valence electrons. The maximum atomic E-state index is 10.7. The van der Waals surface area contributed by atoms with E-state index < -0.39 is 5.97 Å². The van der Waals surface area contributed by atoms with Gasteiger partial charge in [-0.2, -0.15) is 0 Å². The summed E-state index contributed by atoms with van der Waals surface area (Å²) in [5, 5.41) is 11.7. The number of carboxylic acid groups (broad SMARTS) is 1. The van der Waals surface area contributed by atoms with Gasteiger partial charge in [-0.15, -0.1) is 0 Å². The zero-order valence-electron chi connectivity index (χ0n) is 9.16. The Morgan fingerprint density at radius 3 is 3.00 bits per heavy atom. The van der Waals surface area contributed by atoms with E-state index in [4.69, 9.17) is 5.11 Å². The SMILES string of the molecule is Cn1ccnc1CNc1cncc(C(=O)O)n1. The zero-order chi connectivity index (χ0) is 12.3. The molecular formula is C10H11N5O2. The van der Waals surface area contributed by atoms with Crippen molar-refractivity contribution in [2.75, 3.05) is 5.32 Å². The lowest BCUT2D eigenvalue weighted by molar-refractivity contribution is 0.0690. The number of nitrogens with one attached hydrogen (secondary N) is 1. The van der Waals surface area contributed by atoms with E-state index in [2.05, 4.69) is 20.3 Å². The first-order valence-corrected chi connectivity index (χ1v) is 4.92. The summed E-state index contributed by atoms with van der Waals surface area (Å²) in [5.41, 5.74) is -0.0881. The van der Waals surface area contributed by atoms with Crippen LogP contribution in [-0.4, -0.2) is 30.6 Å². The molecule has 0 amide bonds. The molecule has 2 aromatic rings. The highest BCUT2D eigenvalue weighted by Gasteiger charge is 2.06. The lowest BCUT2D eigenvalue weighted by Crippen LogP contribution is -2.09. The molecule has 0 fully saturated rings. The summed E-state index contributed by atoms with van der Waals surface area (Å²) in [6.07, 6.45) is 6.19. The fourth-order valence-electron chi connectivity index (χ4n) is 1.29. The van der Waals surface area contributed by atoms with Gasteiger partial charge in [0.15, 0.2) is 5.69 Å². The van der Waals surface area contributed by atoms with Crippen LogP contribution in [0, 0.1) is 0 Å². The molecule has 0 bridgehead atoms. The predicted octanol–water partition coefficient (Wildman–Crippen LogP) is 0.520. The van der Waals surface area contributed by atoms with Crippen LogP contribution in [0.4, 0.5) is 5.82 Å². The molecule has 17 heavy (non-hydrogen) atoms. The van der Waals surface area contributed by atoms with Crippen LogP contribution in [0.3, 0.4) is 0 Å². The van der Waals surface area contributed by atoms with E-state index in [1.165, 1.54) is 12.4 Å². The van der Waals surface area contributed by atoms with Crippen molar-refractivity contribution >= 4 is 11.8 Å². The van der Waals surface area contributed by atoms with Gasteiger partial charge in [-0.3, -0.25) is 4.98 Å². The lowest BCUT2D eigenvalue weighted by Gasteiger charge is -2.05. The van der Waals surface area contributed by atoms with Crippen molar-refractivity contribution in [2.45, 2.75) is 6.54 Å². The first kappa shape index (κ1) is 11.1. The minimum atomic E-state index is -1.10. The van der Waals surface area contributed by atoms with Crippen molar-refractivity contribution in [3.05, 3.63) is 36.3 Å². The maximum absolute atomic E-state index is 10.7. The zero-order valence-corrected chi connectivity index (χ0v) is 9.16. The second-order valence-corrected chi connectivity index (χ2v) is 3.40. The number of carboxylic acids is 1. The lowest BCUT2D eigenvalue weighted by atomic mass is 10.4. The van der Waals surface area contributed by atoms with Crippen molar-refractivity contribution in [3.8, 4) is 0 Å². The molecule has 0 unspecified atom stereocenters. The van der Waals surface area contributed by atoms with Gasteiger partial charge in [0, 0.05) is 19.4 Å². The van der Waals surface area contributed by atoms with E-state index in [9.17, 15) is 4.79 Å². The summed E-state index contributed by atoms with van der Waals surface area (Å²) in [6.45, 7) is 0.460. The van der Waals surface area contributed by atoms with Crippen LogP contribution in [0.25, 0.3) is 0 Å². The molecule has 2 rings (SSSR count). The van der Waals surface area contributed by atoms with Gasteiger partial charge in [-0.25, -0.2) is 14.8 Å². The number of aromatic carboxylic acids is 1. The van der Waals surface area contributed by atoms with E-state index in [0.717, 1.165) is 5.82 Å². The molecule has 2 heterocycles. The van der Waals surface area contributed by atoms with Crippen LogP contribution >= 0.6 is 0 Å². The van der Waals surface area contributed by atoms with E-state index in [1.807, 2.05) is 17.8 Å². The van der Waals surface area contributed by atoms with Gasteiger partial charge in [-0.1, -0.05) is 0 Å². The number of hydrogen-bond donors (Lipinski definition) is 2. The average Bonchev–Trinajstić information content (AvgIpc) is 2.72. The predicted molar refractivity (Wildman–Crippen MR) is 59.5 cm³/mol. The van der Waals surface area contributed by atoms with Crippen LogP contribution in [-0.2, 0) is 13.6 Å². The Morgan fingerprint density at radius 1 is 1.53 bits per heavy atom. The molecule has 7 nitrogen and oxygen atoms in total. The third kappa shape index (κ3) is 2.57. The minimum absolute atomic E-state index is 0.0881. The number of anilines is 1. The quantitative estimate of drug-likeness (QED) is 0.799. The Kier molecular flexibility index (Phi) is 2.99. The Balaban J connectivity index is 2.07. The van der Waals surface area contributed by atoms with Gasteiger partial charge < -0.3 is 15.0 Å². The van der Waals surface area contributed by atoms with Crippen molar-refractivity contribution in [3.63, 3.8) is 0 Å². The second kappa shape index (κ2) is 4.60. The van der Waals surface area contributed by atoms with Crippen LogP contribution in [0.1, 0.15) is 16.3 Å². The number of rotatable bonds is 4. The Bertz CT molecular complexity index is 537. The third-order valence-electron chi connectivity index (χ3n) is 2.20. The van der Waals surface area contributed by atoms with Crippen LogP contribution in [0.5, 0.6) is 0 Å². The van der Waals surface area contributed by atoms with E-state index >= 15 is 0 Å². The Labute approximate surface area is 97.2 Å². The number of aromatic nitrogens is 4. The number of nitrogens with zero attached hydrogens (tertiary/aromatic N) is 4. The molecule has 2 aromatic heterocycles. The Morgan fingerprint density at radius 2 is 2.35 bits per heavy atom. The Hall–Kier alpha value is -2.44. The molecule has 7 heteroatoms. The first-order chi connectivity index (χ1) is 8.16. The molecule has 0 atom stereocenters. The number of carbonyl (C=O) groups is 1. The number of hydrogen-bond acceptors (Lipinski definition) is 5. The third-order valence-corrected chi connectivity index (χ3v) is 2.20. The normalized spacial score (nSPS) is 10.2. The molecule has 0 aliphatic rings. The molecule has 0 saturated heterocycles. The summed E-state index contributed by atoms with van der Waals surface area (Å²) >= 11 is 0. The molecular weight excluding hydrogens is 222 g/mol. The molecule has 0 saturated carbocycles. The fourth-order valence-corrected chi connectivity index (χ4v) is 1.29. The number of aryl methyl sites for hydroxylation is 1. The highest BCUT2D eigenvalue weighted by atomic mass is 16.4. The second-order valence-electron chi connectivity index (χ2n) is 3.40. The molecule has 0 spiro atoms. The van der Waals surface area contributed by atoms with Gasteiger partial charge in [-0.05, 0) is 0 Å². The minimum Gasteiger partial charge on any atom is -0.476 e. The van der Waals surface area contributed by atoms with Crippen molar-refractivity contribution < 1.29 is 9.90 Å². The molecule has 0 radical (unpaired) electrons. The topological polar surface area (TPSA) is 92.9 Å². The molecule has 0 aliphatic heterocycles. The van der Waals surface area contributed by atoms with Crippen molar-refractivity contribution in [1.29, 1.82) is 0 Å². The largest absolute Gasteiger partial charge is 0.476 e. The van der Waals surface area contributed by atoms with E-state index in [0.29, 0.717) is 12.4 Å². The van der Waals surface area contributed by atoms with Gasteiger partial charge >= 0.3 is 5.97 Å². The van der Waals surface area contributed by atoms with Gasteiger partial charge in [0.05, 0.1) is 18.9 Å². The highest BCUT2D eigenvalue weighted by molar-refractivity contribution is 5.85. The highest BCUT2D eigenvalue weighted by Crippen LogP contribution is 2.04. The molecule has 0 aliphatic carbocycles. The average molecular weight is 233 g/mol. The van der Waals surface area contributed by atoms with Crippen LogP contribution < -0.4 is 5.32 Å². The molecule has 2 N–H and O–H groups in total. The summed E-state index contributed by atoms with van der Waals surface area (Å²) in [6, 6.07) is 0. The van der Waals surface area contributed by atoms with Gasteiger partial charge in [0.25, 0.3) is 0 Å². The molecule has 0 aromatic carbocycles. The first-order valence-electron chi connectivity index (χ1n) is 4.92.